The van der Waals surface area contributed by atoms with Crippen LogP contribution in [0.5, 0.6) is 5.75 Å². The molecule has 208 valence electrons. The highest BCUT2D eigenvalue weighted by Crippen LogP contribution is 2.50. The van der Waals surface area contributed by atoms with Crippen LogP contribution < -0.4 is 16.2 Å². The van der Waals surface area contributed by atoms with Crippen molar-refractivity contribution in [3.05, 3.63) is 57.5 Å². The molecule has 3 atom stereocenters. The summed E-state index contributed by atoms with van der Waals surface area (Å²) in [6, 6.07) is 4.53. The van der Waals surface area contributed by atoms with E-state index in [0.717, 1.165) is 12.7 Å². The molecule has 0 spiro atoms. The predicted octanol–water partition coefficient (Wildman–Crippen LogP) is 0.956. The summed E-state index contributed by atoms with van der Waals surface area (Å²) < 4.78 is 40.8. The summed E-state index contributed by atoms with van der Waals surface area (Å²) >= 11 is 0. The van der Waals surface area contributed by atoms with Crippen LogP contribution in [0.25, 0.3) is 0 Å². The number of halogens is 1. The van der Waals surface area contributed by atoms with E-state index in [9.17, 15) is 32.3 Å². The molecule has 1 aromatic heterocycles. The van der Waals surface area contributed by atoms with Crippen LogP contribution in [0.2, 0.25) is 0 Å². The summed E-state index contributed by atoms with van der Waals surface area (Å²) in [4.78, 5) is 44.4. The standard InChI is InChI=1S/C26H30FN5O6S/c1-39(37,38)32-18-10-16(18)11-19(32)22(34)30-26-8-6-15(7-9-26)13-31-24(36)21(33)20(29-25(26)31)23(35)28-12-14-2-4-17(27)5-3-14/h2-5,15-16,18-19,33H,6-13H2,1H3,(H,28,35)(H,30,34)/t15?,16?,18-,19+,26?/m1/s1. The number of benzene rings is 1. The molecule has 2 bridgehead atoms. The highest BCUT2D eigenvalue weighted by atomic mass is 32.2. The van der Waals surface area contributed by atoms with Crippen LogP contribution in [0.3, 0.4) is 0 Å². The number of aromatic nitrogens is 2. The van der Waals surface area contributed by atoms with Gasteiger partial charge in [-0.25, -0.2) is 17.8 Å². The number of fused-ring (bicyclic) bond motifs is 3. The maximum atomic E-state index is 13.6. The highest BCUT2D eigenvalue weighted by molar-refractivity contribution is 7.88. The van der Waals surface area contributed by atoms with Crippen LogP contribution in [-0.2, 0) is 33.4 Å². The summed E-state index contributed by atoms with van der Waals surface area (Å²) in [5.41, 5.74) is -1.69. The molecular weight excluding hydrogens is 529 g/mol. The number of amides is 2. The van der Waals surface area contributed by atoms with E-state index in [4.69, 9.17) is 0 Å². The van der Waals surface area contributed by atoms with Crippen molar-refractivity contribution in [2.24, 2.45) is 11.8 Å². The Morgan fingerprint density at radius 2 is 1.87 bits per heavy atom. The lowest BCUT2D eigenvalue weighted by Gasteiger charge is -2.38. The fourth-order valence-electron chi connectivity index (χ4n) is 6.56. The molecular formula is C26H30FN5O6S. The van der Waals surface area contributed by atoms with Crippen LogP contribution in [-0.4, -0.2) is 57.5 Å². The predicted molar refractivity (Wildman–Crippen MR) is 136 cm³/mol. The monoisotopic (exact) mass is 559 g/mol. The van der Waals surface area contributed by atoms with Gasteiger partial charge in [0.2, 0.25) is 21.7 Å². The normalized spacial score (nSPS) is 29.3. The summed E-state index contributed by atoms with van der Waals surface area (Å²) in [7, 11) is -3.60. The number of carbonyl (C=O) groups is 2. The fraction of sp³-hybridized carbons (Fsp3) is 0.538. The van der Waals surface area contributed by atoms with Crippen molar-refractivity contribution in [3.8, 4) is 5.75 Å². The molecule has 5 aliphatic rings. The summed E-state index contributed by atoms with van der Waals surface area (Å²) in [6.45, 7) is 0.320. The first-order chi connectivity index (χ1) is 18.5. The lowest BCUT2D eigenvalue weighted by molar-refractivity contribution is -0.127. The molecule has 11 nitrogen and oxygen atoms in total. The van der Waals surface area contributed by atoms with E-state index in [1.54, 1.807) is 0 Å². The van der Waals surface area contributed by atoms with E-state index in [0.29, 0.717) is 44.2 Å². The summed E-state index contributed by atoms with van der Waals surface area (Å²) in [6.07, 6.45) is 4.63. The third kappa shape index (κ3) is 4.50. The van der Waals surface area contributed by atoms with E-state index < -0.39 is 56.2 Å². The number of hydrogen-bond donors (Lipinski definition) is 3. The fourth-order valence-corrected chi connectivity index (χ4v) is 7.95. The van der Waals surface area contributed by atoms with Gasteiger partial charge in [0.05, 0.1) is 11.8 Å². The minimum atomic E-state index is -3.60. The van der Waals surface area contributed by atoms with Crippen molar-refractivity contribution in [2.75, 3.05) is 6.26 Å². The van der Waals surface area contributed by atoms with Gasteiger partial charge in [-0.15, -0.1) is 0 Å². The van der Waals surface area contributed by atoms with E-state index in [1.165, 1.54) is 33.1 Å². The third-order valence-corrected chi connectivity index (χ3v) is 9.94. The summed E-state index contributed by atoms with van der Waals surface area (Å²) in [5.74, 6) is -1.92. The van der Waals surface area contributed by atoms with Crippen molar-refractivity contribution >= 4 is 21.8 Å². The molecule has 1 aromatic carbocycles. The van der Waals surface area contributed by atoms with Gasteiger partial charge in [-0.05, 0) is 68.1 Å². The second-order valence-electron chi connectivity index (χ2n) is 11.3. The van der Waals surface area contributed by atoms with Gasteiger partial charge in [0.15, 0.2) is 5.69 Å². The average Bonchev–Trinajstić information content (AvgIpc) is 3.60. The van der Waals surface area contributed by atoms with Crippen LogP contribution in [0, 0.1) is 17.7 Å². The molecule has 3 aliphatic heterocycles. The Balaban J connectivity index is 1.32. The zero-order chi connectivity index (χ0) is 27.7. The van der Waals surface area contributed by atoms with Crippen LogP contribution in [0.15, 0.2) is 29.1 Å². The quantitative estimate of drug-likeness (QED) is 0.477. The first kappa shape index (κ1) is 25.9. The number of rotatable bonds is 6. The van der Waals surface area contributed by atoms with Gasteiger partial charge >= 0.3 is 0 Å². The lowest BCUT2D eigenvalue weighted by atomic mass is 9.77. The van der Waals surface area contributed by atoms with Gasteiger partial charge in [0.25, 0.3) is 11.5 Å². The lowest BCUT2D eigenvalue weighted by Crippen LogP contribution is -2.56. The number of piperidine rings is 1. The van der Waals surface area contributed by atoms with Crippen molar-refractivity contribution < 1.29 is 27.5 Å². The van der Waals surface area contributed by atoms with E-state index in [-0.39, 0.29) is 30.2 Å². The molecule has 1 saturated heterocycles. The van der Waals surface area contributed by atoms with E-state index in [1.807, 2.05) is 0 Å². The zero-order valence-corrected chi connectivity index (χ0v) is 22.2. The molecule has 3 fully saturated rings. The molecule has 1 unspecified atom stereocenters. The molecule has 7 rings (SSSR count). The Morgan fingerprint density at radius 3 is 2.54 bits per heavy atom. The molecule has 39 heavy (non-hydrogen) atoms. The van der Waals surface area contributed by atoms with Crippen molar-refractivity contribution in [1.29, 1.82) is 0 Å². The molecule has 2 aliphatic carbocycles. The van der Waals surface area contributed by atoms with Gasteiger partial charge in [-0.3, -0.25) is 19.0 Å². The Kier molecular flexibility index (Phi) is 6.06. The van der Waals surface area contributed by atoms with Crippen molar-refractivity contribution in [3.63, 3.8) is 0 Å². The number of nitrogens with one attached hydrogen (secondary N) is 2. The first-order valence-electron chi connectivity index (χ1n) is 13.1. The van der Waals surface area contributed by atoms with Crippen LogP contribution in [0.4, 0.5) is 4.39 Å². The van der Waals surface area contributed by atoms with Gasteiger partial charge in [-0.1, -0.05) is 12.1 Å². The maximum absolute atomic E-state index is 13.6. The number of aromatic hydroxyl groups is 1. The minimum absolute atomic E-state index is 0.0218. The Labute approximate surface area is 224 Å². The van der Waals surface area contributed by atoms with Gasteiger partial charge in [0.1, 0.15) is 17.7 Å². The van der Waals surface area contributed by atoms with Gasteiger partial charge in [0, 0.05) is 19.1 Å². The van der Waals surface area contributed by atoms with Crippen LogP contribution >= 0.6 is 0 Å². The SMILES string of the molecule is CS(=O)(=O)N1[C@@H]2CC2C[C@H]1C(=O)NC12CCC(CC1)Cn1c2nc(C(=O)NCc2ccc(F)cc2)c(O)c1=O. The second-order valence-corrected chi connectivity index (χ2v) is 13.2. The smallest absolute Gasteiger partial charge is 0.296 e. The minimum Gasteiger partial charge on any atom is -0.501 e. The molecule has 2 amide bonds. The Morgan fingerprint density at radius 1 is 1.18 bits per heavy atom. The van der Waals surface area contributed by atoms with Gasteiger partial charge < -0.3 is 15.7 Å². The Bertz CT molecular complexity index is 1520. The molecule has 2 saturated carbocycles. The van der Waals surface area contributed by atoms with Gasteiger partial charge in [-0.2, -0.15) is 4.31 Å². The van der Waals surface area contributed by atoms with E-state index in [2.05, 4.69) is 15.6 Å². The van der Waals surface area contributed by atoms with Crippen molar-refractivity contribution in [1.82, 2.24) is 24.5 Å². The van der Waals surface area contributed by atoms with E-state index >= 15 is 0 Å². The number of nitrogens with zero attached hydrogens (tertiary/aromatic N) is 3. The molecule has 2 aromatic rings. The molecule has 4 heterocycles. The average molecular weight is 560 g/mol. The highest BCUT2D eigenvalue weighted by Gasteiger charge is 2.58. The zero-order valence-electron chi connectivity index (χ0n) is 21.4. The second kappa shape index (κ2) is 9.12. The molecule has 3 N–H and O–H groups in total. The maximum Gasteiger partial charge on any atom is 0.296 e. The number of carbonyl (C=O) groups excluding carboxylic acids is 2. The number of hydrogen-bond acceptors (Lipinski definition) is 7. The topological polar surface area (TPSA) is 151 Å². The Hall–Kier alpha value is -3.32. The molecule has 0 radical (unpaired) electrons. The van der Waals surface area contributed by atoms with Crippen molar-refractivity contribution in [2.45, 2.75) is 69.2 Å². The first-order valence-corrected chi connectivity index (χ1v) is 15.0. The third-order valence-electron chi connectivity index (χ3n) is 8.65. The molecule has 13 heteroatoms. The van der Waals surface area contributed by atoms with Crippen LogP contribution in [0.1, 0.15) is 60.4 Å². The largest absolute Gasteiger partial charge is 0.501 e. The summed E-state index contributed by atoms with van der Waals surface area (Å²) in [5, 5.41) is 16.3. The number of sulfonamides is 1.